The van der Waals surface area contributed by atoms with Gasteiger partial charge in [-0.3, -0.25) is 28.8 Å². The number of nitrogens with zero attached hydrogens (tertiary/aromatic N) is 9. The summed E-state index contributed by atoms with van der Waals surface area (Å²) < 4.78 is 48.2. The number of rotatable bonds is 7. The van der Waals surface area contributed by atoms with Gasteiger partial charge in [0.05, 0.1) is 57.9 Å². The number of carbonyl (C=O) groups excluding carboxylic acids is 2. The first-order valence-electron chi connectivity index (χ1n) is 23.1. The third kappa shape index (κ3) is 6.43. The zero-order valence-electron chi connectivity index (χ0n) is 39.2. The average Bonchev–Trinajstić information content (AvgIpc) is 3.85. The smallest absolute Gasteiger partial charge is 0.376 e. The van der Waals surface area contributed by atoms with Crippen LogP contribution in [0, 0.1) is 31.4 Å². The van der Waals surface area contributed by atoms with Crippen LogP contribution in [-0.2, 0) is 23.7 Å². The summed E-state index contributed by atoms with van der Waals surface area (Å²) >= 11 is 0. The van der Waals surface area contributed by atoms with Gasteiger partial charge < -0.3 is 14.2 Å². The van der Waals surface area contributed by atoms with Gasteiger partial charge in [0.15, 0.2) is 11.6 Å². The van der Waals surface area contributed by atoms with Crippen LogP contribution in [0.25, 0.3) is 27.5 Å². The van der Waals surface area contributed by atoms with Crippen LogP contribution in [0.4, 0.5) is 25.1 Å². The summed E-state index contributed by atoms with van der Waals surface area (Å²) in [7, 11) is 1.74. The van der Waals surface area contributed by atoms with E-state index in [0.29, 0.717) is 82.3 Å². The summed E-state index contributed by atoms with van der Waals surface area (Å²) in [6.45, 7) is 16.5. The maximum Gasteiger partial charge on any atom is 0.438 e. The van der Waals surface area contributed by atoms with E-state index in [1.54, 1.807) is 59.4 Å². The molecule has 1 saturated carbocycles. The van der Waals surface area contributed by atoms with Gasteiger partial charge in [-0.15, -0.1) is 0 Å². The van der Waals surface area contributed by atoms with E-state index in [9.17, 15) is 4.79 Å². The number of H-pyrrole nitrogens is 1. The number of ether oxygens (including phenoxy) is 1. The van der Waals surface area contributed by atoms with Gasteiger partial charge in [0.1, 0.15) is 22.9 Å². The Kier molecular flexibility index (Phi) is 9.42. The van der Waals surface area contributed by atoms with E-state index in [-0.39, 0.29) is 41.4 Å². The second-order valence-corrected chi connectivity index (χ2v) is 20.5. The molecule has 67 heavy (non-hydrogen) atoms. The van der Waals surface area contributed by atoms with E-state index in [2.05, 4.69) is 54.2 Å². The van der Waals surface area contributed by atoms with Gasteiger partial charge >= 0.3 is 11.8 Å². The largest absolute Gasteiger partial charge is 0.438 e. The molecule has 7 aromatic rings. The van der Waals surface area contributed by atoms with Gasteiger partial charge in [-0.25, -0.2) is 23.1 Å². The molecule has 0 unspecified atom stereocenters. The van der Waals surface area contributed by atoms with E-state index >= 15 is 18.4 Å². The number of anilines is 2. The van der Waals surface area contributed by atoms with Gasteiger partial charge in [-0.05, 0) is 139 Å². The zero-order valence-corrected chi connectivity index (χ0v) is 39.2. The summed E-state index contributed by atoms with van der Waals surface area (Å²) in [5.41, 5.74) is 3.81. The molecule has 348 valence electrons. The van der Waals surface area contributed by atoms with E-state index in [1.807, 2.05) is 36.3 Å². The first kappa shape index (κ1) is 43.0. The Bertz CT molecular complexity index is 3260. The second kappa shape index (κ2) is 14.7. The van der Waals surface area contributed by atoms with E-state index in [4.69, 9.17) is 14.4 Å². The topological polar surface area (TPSA) is 153 Å². The lowest BCUT2D eigenvalue weighted by atomic mass is 9.83. The van der Waals surface area contributed by atoms with Crippen LogP contribution in [0.5, 0.6) is 0 Å². The number of hydrogen-bond acceptors (Lipinski definition) is 8. The Morgan fingerprint density at radius 3 is 2.36 bits per heavy atom. The zero-order chi connectivity index (χ0) is 47.2. The van der Waals surface area contributed by atoms with Crippen molar-refractivity contribution in [1.29, 1.82) is 0 Å². The molecule has 2 saturated heterocycles. The Hall–Kier alpha value is -6.62. The van der Waals surface area contributed by atoms with Crippen LogP contribution in [0.15, 0.2) is 64.0 Å². The van der Waals surface area contributed by atoms with Crippen molar-refractivity contribution < 1.29 is 27.6 Å². The summed E-state index contributed by atoms with van der Waals surface area (Å²) in [4.78, 5) is 51.0. The highest BCUT2D eigenvalue weighted by Gasteiger charge is 2.59. The third-order valence-electron chi connectivity index (χ3n) is 15.0. The maximum absolute atomic E-state index is 16.5. The maximum atomic E-state index is 16.5. The van der Waals surface area contributed by atoms with Crippen molar-refractivity contribution >= 4 is 45.2 Å². The van der Waals surface area contributed by atoms with Crippen molar-refractivity contribution in [3.63, 3.8) is 0 Å². The lowest BCUT2D eigenvalue weighted by molar-refractivity contribution is -0.0592. The molecule has 3 aromatic carbocycles. The monoisotopic (exact) mass is 912 g/mol. The molecule has 4 atom stereocenters. The minimum atomic E-state index is -0.921. The van der Waals surface area contributed by atoms with Crippen molar-refractivity contribution in [2.75, 3.05) is 29.5 Å². The number of hydrogen-bond donors (Lipinski definition) is 1. The Labute approximate surface area is 385 Å². The van der Waals surface area contributed by atoms with Crippen LogP contribution in [0.3, 0.4) is 0 Å². The minimum Gasteiger partial charge on any atom is -0.376 e. The highest BCUT2D eigenvalue weighted by molar-refractivity contribution is 6.09. The summed E-state index contributed by atoms with van der Waals surface area (Å²) in [6.07, 6.45) is 4.16. The minimum absolute atomic E-state index is 0.000361. The fourth-order valence-electron chi connectivity index (χ4n) is 11.6. The van der Waals surface area contributed by atoms with E-state index < -0.39 is 34.7 Å². The SMILES string of the molecule is Cc1cc(-n2nc3c(c2N2CC(C)(C)N(c4ccc5c(cnn5C)c4F)C2=O)[C@H](C)N(C(=O)c2cc4cc([C@H]5CCOC(C)(C)C5)ccc4n2[C@@]2(c4noc(=O)[nH]4)C[C@@H]2C)CC3)cc(C)c1F. The van der Waals surface area contributed by atoms with Crippen LogP contribution in [0.1, 0.15) is 117 Å². The second-order valence-electron chi connectivity index (χ2n) is 20.5. The molecule has 1 aliphatic carbocycles. The predicted octanol–water partition coefficient (Wildman–Crippen LogP) is 8.73. The number of nitrogens with one attached hydrogen (secondary N) is 1. The van der Waals surface area contributed by atoms with Crippen molar-refractivity contribution in [1.82, 2.24) is 39.2 Å². The number of aromatic amines is 1. The standard InChI is InChI=1S/C50H54F2N10O5/c1-26-18-33(19-27(2)41(26)51)62-43(59-25-48(5,6)61(47(59)65)38-13-12-37-34(42(38)52)24-53-57(37)9)40-29(4)58(16-14-35(40)55-62)44(63)39-21-32-20-30(31-15-17-66-49(7,8)23-31)10-11-36(32)60(39)50(22-28(50)3)45-54-46(64)67-56-45/h10-13,18-21,24,28-29,31H,14-17,22-23,25H2,1-9H3,(H,54,56,64)/t28-,29-,31-,50-/m0/s1. The normalized spacial score (nSPS) is 23.5. The van der Waals surface area contributed by atoms with Crippen LogP contribution >= 0.6 is 0 Å². The summed E-state index contributed by atoms with van der Waals surface area (Å²) in [5.74, 6) is -0.773. The molecule has 3 fully saturated rings. The fraction of sp³-hybridized carbons (Fsp3) is 0.440. The quantitative estimate of drug-likeness (QED) is 0.167. The molecular formula is C50H54F2N10O5. The molecule has 7 heterocycles. The van der Waals surface area contributed by atoms with Gasteiger partial charge in [0.25, 0.3) is 5.91 Å². The van der Waals surface area contributed by atoms with Crippen molar-refractivity contribution in [2.45, 2.75) is 110 Å². The van der Waals surface area contributed by atoms with Crippen LogP contribution in [0.2, 0.25) is 0 Å². The average molecular weight is 913 g/mol. The molecular weight excluding hydrogens is 859 g/mol. The summed E-state index contributed by atoms with van der Waals surface area (Å²) in [6, 6.07) is 14.0. The molecule has 17 heteroatoms. The first-order chi connectivity index (χ1) is 31.8. The molecule has 15 nitrogen and oxygen atoms in total. The van der Waals surface area contributed by atoms with Gasteiger partial charge in [-0.1, -0.05) is 18.1 Å². The number of carbonyl (C=O) groups is 2. The van der Waals surface area contributed by atoms with Crippen LogP contribution in [-0.4, -0.2) is 81.9 Å². The number of urea groups is 1. The Balaban J connectivity index is 1.05. The molecule has 0 radical (unpaired) electrons. The Morgan fingerprint density at radius 2 is 1.67 bits per heavy atom. The number of halogens is 2. The highest BCUT2D eigenvalue weighted by Crippen LogP contribution is 2.56. The van der Waals surface area contributed by atoms with Gasteiger partial charge in [0, 0.05) is 43.1 Å². The summed E-state index contributed by atoms with van der Waals surface area (Å²) in [5, 5.41) is 14.8. The highest BCUT2D eigenvalue weighted by atomic mass is 19.1. The molecule has 0 spiro atoms. The molecule has 3 amide bonds. The lowest BCUT2D eigenvalue weighted by Crippen LogP contribution is -2.42. The number of fused-ring (bicyclic) bond motifs is 3. The van der Waals surface area contributed by atoms with Crippen molar-refractivity contribution in [2.24, 2.45) is 13.0 Å². The van der Waals surface area contributed by atoms with E-state index in [1.165, 1.54) is 16.7 Å². The number of amides is 3. The molecule has 4 aliphatic rings. The van der Waals surface area contributed by atoms with Gasteiger partial charge in [0.2, 0.25) is 0 Å². The lowest BCUT2D eigenvalue weighted by Gasteiger charge is -2.35. The van der Waals surface area contributed by atoms with E-state index in [0.717, 1.165) is 23.7 Å². The van der Waals surface area contributed by atoms with Gasteiger partial charge in [-0.2, -0.15) is 10.2 Å². The van der Waals surface area contributed by atoms with Crippen molar-refractivity contribution in [3.8, 4) is 5.69 Å². The molecule has 0 bridgehead atoms. The number of benzene rings is 3. The Morgan fingerprint density at radius 1 is 0.940 bits per heavy atom. The van der Waals surface area contributed by atoms with Crippen LogP contribution < -0.4 is 15.6 Å². The molecule has 4 aromatic heterocycles. The first-order valence-corrected chi connectivity index (χ1v) is 23.1. The fourth-order valence-corrected chi connectivity index (χ4v) is 11.6. The number of aromatic nitrogens is 7. The molecule has 1 N–H and O–H groups in total. The number of aryl methyl sites for hydroxylation is 3. The third-order valence-corrected chi connectivity index (χ3v) is 15.0. The predicted molar refractivity (Wildman–Crippen MR) is 248 cm³/mol. The molecule has 11 rings (SSSR count). The molecule has 3 aliphatic heterocycles. The van der Waals surface area contributed by atoms with Crippen molar-refractivity contribution in [3.05, 3.63) is 116 Å².